The summed E-state index contributed by atoms with van der Waals surface area (Å²) in [5.74, 6) is 1.27. The Bertz CT molecular complexity index is 1010. The first kappa shape index (κ1) is 20.7. The molecule has 0 saturated heterocycles. The summed E-state index contributed by atoms with van der Waals surface area (Å²) in [6.07, 6.45) is 1.63. The number of benzene rings is 2. The predicted octanol–water partition coefficient (Wildman–Crippen LogP) is 2.60. The second-order valence-corrected chi connectivity index (χ2v) is 8.48. The summed E-state index contributed by atoms with van der Waals surface area (Å²) in [7, 11) is 1.25. The van der Waals surface area contributed by atoms with E-state index in [0.717, 1.165) is 11.0 Å². The SMILES string of the molecule is COc1ccc(CC(=O)N(c2ccc(OC)cc2OC)[C@@H]2C=CS(=O)(=O)C2)cc1. The van der Waals surface area contributed by atoms with E-state index in [1.165, 1.54) is 25.2 Å². The minimum Gasteiger partial charge on any atom is -0.497 e. The molecule has 0 radical (unpaired) electrons. The first-order chi connectivity index (χ1) is 13.9. The fourth-order valence-corrected chi connectivity index (χ4v) is 4.47. The van der Waals surface area contributed by atoms with E-state index in [4.69, 9.17) is 14.2 Å². The van der Waals surface area contributed by atoms with Crippen LogP contribution in [0.15, 0.2) is 53.9 Å². The number of carbonyl (C=O) groups is 1. The largest absolute Gasteiger partial charge is 0.497 e. The van der Waals surface area contributed by atoms with Gasteiger partial charge in [0, 0.05) is 11.5 Å². The van der Waals surface area contributed by atoms with Gasteiger partial charge in [0.25, 0.3) is 0 Å². The Morgan fingerprint density at radius 2 is 1.66 bits per heavy atom. The number of hydrogen-bond donors (Lipinski definition) is 0. The number of nitrogens with zero attached hydrogens (tertiary/aromatic N) is 1. The van der Waals surface area contributed by atoms with Gasteiger partial charge in [-0.1, -0.05) is 12.1 Å². The third kappa shape index (κ3) is 4.71. The molecular weight excluding hydrogens is 394 g/mol. The molecule has 154 valence electrons. The van der Waals surface area contributed by atoms with Crippen molar-refractivity contribution in [3.8, 4) is 17.2 Å². The van der Waals surface area contributed by atoms with E-state index < -0.39 is 15.9 Å². The third-order valence-electron chi connectivity index (χ3n) is 4.67. The quantitative estimate of drug-likeness (QED) is 0.689. The van der Waals surface area contributed by atoms with Crippen LogP contribution >= 0.6 is 0 Å². The van der Waals surface area contributed by atoms with Gasteiger partial charge in [-0.2, -0.15) is 0 Å². The molecule has 0 aromatic heterocycles. The maximum atomic E-state index is 13.3. The number of carbonyl (C=O) groups excluding carboxylic acids is 1. The van der Waals surface area contributed by atoms with Gasteiger partial charge in [0.1, 0.15) is 17.2 Å². The lowest BCUT2D eigenvalue weighted by Crippen LogP contribution is -2.42. The van der Waals surface area contributed by atoms with Crippen molar-refractivity contribution in [1.29, 1.82) is 0 Å². The maximum absolute atomic E-state index is 13.3. The zero-order valence-corrected chi connectivity index (χ0v) is 17.3. The Morgan fingerprint density at radius 3 is 2.21 bits per heavy atom. The first-order valence-electron chi connectivity index (χ1n) is 8.95. The summed E-state index contributed by atoms with van der Waals surface area (Å²) < 4.78 is 39.8. The Balaban J connectivity index is 1.97. The van der Waals surface area contributed by atoms with Crippen LogP contribution in [0.5, 0.6) is 17.2 Å². The van der Waals surface area contributed by atoms with Crippen LogP contribution in [-0.2, 0) is 21.1 Å². The van der Waals surface area contributed by atoms with E-state index in [9.17, 15) is 13.2 Å². The highest BCUT2D eigenvalue weighted by Crippen LogP contribution is 2.35. The van der Waals surface area contributed by atoms with E-state index in [-0.39, 0.29) is 18.1 Å². The third-order valence-corrected chi connectivity index (χ3v) is 6.05. The molecule has 0 bridgehead atoms. The summed E-state index contributed by atoms with van der Waals surface area (Å²) in [6.45, 7) is 0. The molecule has 0 saturated carbocycles. The lowest BCUT2D eigenvalue weighted by molar-refractivity contribution is -0.118. The number of anilines is 1. The van der Waals surface area contributed by atoms with Crippen molar-refractivity contribution in [2.24, 2.45) is 0 Å². The molecule has 1 aliphatic rings. The molecule has 2 aromatic rings. The topological polar surface area (TPSA) is 82.1 Å². The van der Waals surface area contributed by atoms with Crippen molar-refractivity contribution >= 4 is 21.4 Å². The maximum Gasteiger partial charge on any atom is 0.232 e. The van der Waals surface area contributed by atoms with Gasteiger partial charge in [-0.15, -0.1) is 0 Å². The van der Waals surface area contributed by atoms with Gasteiger partial charge in [-0.25, -0.2) is 8.42 Å². The Morgan fingerprint density at radius 1 is 1.00 bits per heavy atom. The fraction of sp³-hybridized carbons (Fsp3) is 0.286. The second-order valence-electron chi connectivity index (χ2n) is 6.55. The van der Waals surface area contributed by atoms with Gasteiger partial charge >= 0.3 is 0 Å². The zero-order chi connectivity index (χ0) is 21.0. The molecule has 0 fully saturated rings. The lowest BCUT2D eigenvalue weighted by Gasteiger charge is -2.29. The number of sulfone groups is 1. The van der Waals surface area contributed by atoms with Gasteiger partial charge in [0.15, 0.2) is 9.84 Å². The summed E-state index contributed by atoms with van der Waals surface area (Å²) in [5, 5.41) is 1.15. The van der Waals surface area contributed by atoms with Crippen LogP contribution in [0.4, 0.5) is 5.69 Å². The summed E-state index contributed by atoms with van der Waals surface area (Å²) in [4.78, 5) is 14.7. The number of hydrogen-bond acceptors (Lipinski definition) is 6. The molecule has 1 heterocycles. The molecule has 0 N–H and O–H groups in total. The zero-order valence-electron chi connectivity index (χ0n) is 16.5. The highest BCUT2D eigenvalue weighted by molar-refractivity contribution is 7.94. The average Bonchev–Trinajstić information content (AvgIpc) is 3.08. The van der Waals surface area contributed by atoms with Gasteiger partial charge in [-0.3, -0.25) is 4.79 Å². The average molecular weight is 417 g/mol. The summed E-state index contributed by atoms with van der Waals surface area (Å²) >= 11 is 0. The number of ether oxygens (including phenoxy) is 3. The van der Waals surface area contributed by atoms with Crippen LogP contribution in [0.25, 0.3) is 0 Å². The summed E-state index contributed by atoms with van der Waals surface area (Å²) in [5.41, 5.74) is 1.27. The molecular formula is C21H23NO6S. The van der Waals surface area contributed by atoms with Crippen molar-refractivity contribution in [1.82, 2.24) is 0 Å². The van der Waals surface area contributed by atoms with Crippen LogP contribution in [-0.4, -0.2) is 47.4 Å². The van der Waals surface area contributed by atoms with Crippen LogP contribution in [0, 0.1) is 0 Å². The van der Waals surface area contributed by atoms with Crippen LogP contribution in [0.2, 0.25) is 0 Å². The molecule has 2 aromatic carbocycles. The van der Waals surface area contributed by atoms with Gasteiger partial charge in [-0.05, 0) is 35.9 Å². The predicted molar refractivity (Wildman–Crippen MR) is 110 cm³/mol. The van der Waals surface area contributed by atoms with E-state index in [1.807, 2.05) is 0 Å². The smallest absolute Gasteiger partial charge is 0.232 e. The molecule has 8 heteroatoms. The molecule has 0 aliphatic carbocycles. The van der Waals surface area contributed by atoms with Gasteiger partial charge in [0.05, 0.1) is 45.2 Å². The van der Waals surface area contributed by atoms with Crippen molar-refractivity contribution < 1.29 is 27.4 Å². The molecule has 0 unspecified atom stereocenters. The van der Waals surface area contributed by atoms with Crippen LogP contribution < -0.4 is 19.1 Å². The molecule has 1 amide bonds. The van der Waals surface area contributed by atoms with Crippen LogP contribution in [0.3, 0.4) is 0 Å². The van der Waals surface area contributed by atoms with Gasteiger partial charge in [0.2, 0.25) is 5.91 Å². The monoisotopic (exact) mass is 417 g/mol. The number of amides is 1. The Kier molecular flexibility index (Phi) is 6.12. The molecule has 0 spiro atoms. The number of rotatable bonds is 7. The highest BCUT2D eigenvalue weighted by atomic mass is 32.2. The molecule has 1 aliphatic heterocycles. The fourth-order valence-electron chi connectivity index (χ4n) is 3.21. The van der Waals surface area contributed by atoms with Crippen LogP contribution in [0.1, 0.15) is 5.56 Å². The van der Waals surface area contributed by atoms with Gasteiger partial charge < -0.3 is 19.1 Å². The Labute approximate surface area is 170 Å². The van der Waals surface area contributed by atoms with E-state index in [0.29, 0.717) is 22.9 Å². The molecule has 1 atom stereocenters. The second kappa shape index (κ2) is 8.57. The normalized spacial score (nSPS) is 17.0. The first-order valence-corrected chi connectivity index (χ1v) is 10.7. The minimum absolute atomic E-state index is 0.101. The van der Waals surface area contributed by atoms with Crippen molar-refractivity contribution in [2.45, 2.75) is 12.5 Å². The van der Waals surface area contributed by atoms with Crippen molar-refractivity contribution in [2.75, 3.05) is 32.0 Å². The van der Waals surface area contributed by atoms with Crippen molar-refractivity contribution in [3.05, 3.63) is 59.5 Å². The van der Waals surface area contributed by atoms with E-state index in [2.05, 4.69) is 0 Å². The number of methoxy groups -OCH3 is 3. The lowest BCUT2D eigenvalue weighted by atomic mass is 10.1. The highest BCUT2D eigenvalue weighted by Gasteiger charge is 2.33. The summed E-state index contributed by atoms with van der Waals surface area (Å²) in [6, 6.07) is 11.6. The minimum atomic E-state index is -3.35. The molecule has 3 rings (SSSR count). The Hall–Kier alpha value is -3.00. The van der Waals surface area contributed by atoms with Crippen molar-refractivity contribution in [3.63, 3.8) is 0 Å². The van der Waals surface area contributed by atoms with E-state index in [1.54, 1.807) is 49.6 Å². The molecule has 29 heavy (non-hydrogen) atoms. The standard InChI is InChI=1S/C21H23NO6S/c1-26-17-6-4-15(5-7-17)12-21(23)22(16-10-11-29(24,25)14-16)19-9-8-18(27-2)13-20(19)28-3/h4-11,13,16H,12,14H2,1-3H3/t16-/m1/s1. The van der Waals surface area contributed by atoms with E-state index >= 15 is 0 Å². The molecule has 7 nitrogen and oxygen atoms in total.